The van der Waals surface area contributed by atoms with Gasteiger partial charge < -0.3 is 15.4 Å². The van der Waals surface area contributed by atoms with E-state index in [1.165, 1.54) is 25.1 Å². The third-order valence-corrected chi connectivity index (χ3v) is 4.27. The lowest BCUT2D eigenvalue weighted by molar-refractivity contribution is -0.385. The SMILES string of the molecule is Cc1c(C(=O)Nc2cccc(OCC(=O)Nc3ccccc3)c2)cccc1[N+](=O)[O-]. The number of anilines is 2. The number of amides is 2. The van der Waals surface area contributed by atoms with Crippen LogP contribution in [0.3, 0.4) is 0 Å². The molecule has 0 radical (unpaired) electrons. The molecule has 30 heavy (non-hydrogen) atoms. The standard InChI is InChI=1S/C22H19N3O5/c1-15-19(11-6-12-20(15)25(28)29)22(27)24-17-9-5-10-18(13-17)30-14-21(26)23-16-7-3-2-4-8-16/h2-13H,14H2,1H3,(H,23,26)(H,24,27). The Kier molecular flexibility index (Phi) is 6.39. The van der Waals surface area contributed by atoms with Gasteiger partial charge in [0.05, 0.1) is 4.92 Å². The Balaban J connectivity index is 1.63. The molecule has 0 aliphatic rings. The van der Waals surface area contributed by atoms with Crippen LogP contribution in [0.5, 0.6) is 5.75 Å². The molecule has 0 aromatic heterocycles. The normalized spacial score (nSPS) is 10.2. The van der Waals surface area contributed by atoms with Gasteiger partial charge in [-0.25, -0.2) is 0 Å². The van der Waals surface area contributed by atoms with E-state index in [0.29, 0.717) is 17.1 Å². The molecule has 8 nitrogen and oxygen atoms in total. The quantitative estimate of drug-likeness (QED) is 0.453. The third kappa shape index (κ3) is 5.20. The molecule has 0 saturated carbocycles. The van der Waals surface area contributed by atoms with Crippen molar-refractivity contribution in [3.05, 3.63) is 94.0 Å². The minimum atomic E-state index is -0.527. The summed E-state index contributed by atoms with van der Waals surface area (Å²) in [7, 11) is 0. The predicted octanol–water partition coefficient (Wildman–Crippen LogP) is 4.17. The van der Waals surface area contributed by atoms with Crippen molar-refractivity contribution in [1.82, 2.24) is 0 Å². The van der Waals surface area contributed by atoms with E-state index in [9.17, 15) is 19.7 Å². The van der Waals surface area contributed by atoms with E-state index in [2.05, 4.69) is 10.6 Å². The smallest absolute Gasteiger partial charge is 0.273 e. The largest absolute Gasteiger partial charge is 0.484 e. The van der Waals surface area contributed by atoms with Gasteiger partial charge in [0.15, 0.2) is 6.61 Å². The Morgan fingerprint density at radius 3 is 2.37 bits per heavy atom. The topological polar surface area (TPSA) is 111 Å². The number of rotatable bonds is 7. The average Bonchev–Trinajstić information content (AvgIpc) is 2.73. The van der Waals surface area contributed by atoms with Gasteiger partial charge in [-0.1, -0.05) is 30.3 Å². The van der Waals surface area contributed by atoms with Crippen LogP contribution in [-0.2, 0) is 4.79 Å². The monoisotopic (exact) mass is 405 g/mol. The first-order chi connectivity index (χ1) is 14.4. The van der Waals surface area contributed by atoms with E-state index >= 15 is 0 Å². The summed E-state index contributed by atoms with van der Waals surface area (Å²) in [5, 5.41) is 16.5. The first kappa shape index (κ1) is 20.5. The molecular formula is C22H19N3O5. The number of carbonyl (C=O) groups excluding carboxylic acids is 2. The Morgan fingerprint density at radius 2 is 1.63 bits per heavy atom. The van der Waals surface area contributed by atoms with Crippen molar-refractivity contribution >= 4 is 28.9 Å². The number of para-hydroxylation sites is 1. The van der Waals surface area contributed by atoms with E-state index in [1.807, 2.05) is 18.2 Å². The highest BCUT2D eigenvalue weighted by Gasteiger charge is 2.18. The minimum absolute atomic E-state index is 0.121. The molecular weight excluding hydrogens is 386 g/mol. The average molecular weight is 405 g/mol. The number of nitrogens with zero attached hydrogens (tertiary/aromatic N) is 1. The van der Waals surface area contributed by atoms with E-state index in [4.69, 9.17) is 4.74 Å². The maximum absolute atomic E-state index is 12.6. The van der Waals surface area contributed by atoms with Gasteiger partial charge in [0.2, 0.25) is 0 Å². The molecule has 0 aliphatic carbocycles. The first-order valence-corrected chi connectivity index (χ1v) is 9.07. The summed E-state index contributed by atoms with van der Waals surface area (Å²) < 4.78 is 5.49. The van der Waals surface area contributed by atoms with Crippen LogP contribution < -0.4 is 15.4 Å². The van der Waals surface area contributed by atoms with Gasteiger partial charge in [-0.15, -0.1) is 0 Å². The summed E-state index contributed by atoms with van der Waals surface area (Å²) in [6, 6.07) is 19.9. The van der Waals surface area contributed by atoms with Gasteiger partial charge in [-0.05, 0) is 37.3 Å². The van der Waals surface area contributed by atoms with Crippen molar-refractivity contribution in [3.8, 4) is 5.75 Å². The number of nitro benzene ring substituents is 1. The van der Waals surface area contributed by atoms with Crippen LogP contribution in [0.25, 0.3) is 0 Å². The predicted molar refractivity (Wildman–Crippen MR) is 113 cm³/mol. The van der Waals surface area contributed by atoms with Crippen LogP contribution in [0, 0.1) is 17.0 Å². The molecule has 0 saturated heterocycles. The highest BCUT2D eigenvalue weighted by atomic mass is 16.6. The molecule has 2 N–H and O–H groups in total. The van der Waals surface area contributed by atoms with E-state index in [1.54, 1.807) is 36.4 Å². The zero-order valence-corrected chi connectivity index (χ0v) is 16.1. The van der Waals surface area contributed by atoms with Crippen molar-refractivity contribution < 1.29 is 19.2 Å². The number of carbonyl (C=O) groups is 2. The van der Waals surface area contributed by atoms with Crippen LogP contribution in [0.2, 0.25) is 0 Å². The summed E-state index contributed by atoms with van der Waals surface area (Å²) in [5.74, 6) is -0.398. The Morgan fingerprint density at radius 1 is 0.933 bits per heavy atom. The second-order valence-corrected chi connectivity index (χ2v) is 6.39. The van der Waals surface area contributed by atoms with Crippen molar-refractivity contribution in [3.63, 3.8) is 0 Å². The zero-order chi connectivity index (χ0) is 21.5. The summed E-state index contributed by atoms with van der Waals surface area (Å²) in [5.41, 5.74) is 1.47. The lowest BCUT2D eigenvalue weighted by Crippen LogP contribution is -2.20. The summed E-state index contributed by atoms with van der Waals surface area (Å²) in [6.45, 7) is 1.33. The number of ether oxygens (including phenoxy) is 1. The van der Waals surface area contributed by atoms with Gasteiger partial charge in [0.1, 0.15) is 5.75 Å². The molecule has 3 rings (SSSR count). The van der Waals surface area contributed by atoms with Gasteiger partial charge in [0, 0.05) is 34.6 Å². The van der Waals surface area contributed by atoms with Gasteiger partial charge in [0.25, 0.3) is 17.5 Å². The maximum atomic E-state index is 12.6. The molecule has 0 spiro atoms. The van der Waals surface area contributed by atoms with Crippen molar-refractivity contribution in [2.45, 2.75) is 6.92 Å². The molecule has 0 heterocycles. The third-order valence-electron chi connectivity index (χ3n) is 4.27. The first-order valence-electron chi connectivity index (χ1n) is 9.07. The Bertz CT molecular complexity index is 1080. The highest BCUT2D eigenvalue weighted by molar-refractivity contribution is 6.06. The molecule has 2 amide bonds. The van der Waals surface area contributed by atoms with Crippen molar-refractivity contribution in [1.29, 1.82) is 0 Å². The molecule has 0 fully saturated rings. The zero-order valence-electron chi connectivity index (χ0n) is 16.1. The number of benzene rings is 3. The van der Waals surface area contributed by atoms with Crippen LogP contribution in [0.1, 0.15) is 15.9 Å². The van der Waals surface area contributed by atoms with Gasteiger partial charge in [-0.3, -0.25) is 19.7 Å². The Hall–Kier alpha value is -4.20. The van der Waals surface area contributed by atoms with Crippen LogP contribution in [0.4, 0.5) is 17.1 Å². The fourth-order valence-corrected chi connectivity index (χ4v) is 2.80. The van der Waals surface area contributed by atoms with Crippen molar-refractivity contribution in [2.75, 3.05) is 17.2 Å². The van der Waals surface area contributed by atoms with Crippen LogP contribution in [0.15, 0.2) is 72.8 Å². The summed E-state index contributed by atoms with van der Waals surface area (Å²) in [6.07, 6.45) is 0. The minimum Gasteiger partial charge on any atom is -0.484 e. The Labute approximate surface area is 172 Å². The van der Waals surface area contributed by atoms with E-state index in [-0.39, 0.29) is 29.3 Å². The van der Waals surface area contributed by atoms with Gasteiger partial charge in [-0.2, -0.15) is 0 Å². The molecule has 0 bridgehead atoms. The van der Waals surface area contributed by atoms with Crippen LogP contribution in [-0.4, -0.2) is 23.3 Å². The molecule has 0 unspecified atom stereocenters. The lowest BCUT2D eigenvalue weighted by atomic mass is 10.1. The number of hydrogen-bond donors (Lipinski definition) is 2. The molecule has 3 aromatic carbocycles. The molecule has 0 atom stereocenters. The second kappa shape index (κ2) is 9.33. The fraction of sp³-hybridized carbons (Fsp3) is 0.0909. The number of nitrogens with one attached hydrogen (secondary N) is 2. The summed E-state index contributed by atoms with van der Waals surface area (Å²) >= 11 is 0. The van der Waals surface area contributed by atoms with Crippen LogP contribution >= 0.6 is 0 Å². The molecule has 152 valence electrons. The number of hydrogen-bond acceptors (Lipinski definition) is 5. The lowest BCUT2D eigenvalue weighted by Gasteiger charge is -2.11. The molecule has 0 aliphatic heterocycles. The summed E-state index contributed by atoms with van der Waals surface area (Å²) in [4.78, 5) is 35.1. The number of nitro groups is 1. The van der Waals surface area contributed by atoms with Gasteiger partial charge >= 0.3 is 0 Å². The van der Waals surface area contributed by atoms with E-state index in [0.717, 1.165) is 0 Å². The molecule has 8 heteroatoms. The highest BCUT2D eigenvalue weighted by Crippen LogP contribution is 2.23. The maximum Gasteiger partial charge on any atom is 0.273 e. The van der Waals surface area contributed by atoms with Crippen molar-refractivity contribution in [2.24, 2.45) is 0 Å². The molecule has 3 aromatic rings. The van der Waals surface area contributed by atoms with E-state index < -0.39 is 10.8 Å². The fourth-order valence-electron chi connectivity index (χ4n) is 2.80. The second-order valence-electron chi connectivity index (χ2n) is 6.39.